The quantitative estimate of drug-likeness (QED) is 0.546. The van der Waals surface area contributed by atoms with E-state index in [1.165, 1.54) is 22.5 Å². The number of hydrogen-bond donors (Lipinski definition) is 2. The first-order valence-electron chi connectivity index (χ1n) is 11.5. The van der Waals surface area contributed by atoms with Gasteiger partial charge in [-0.2, -0.15) is 0 Å². The molecule has 32 heavy (non-hydrogen) atoms. The third-order valence-electron chi connectivity index (χ3n) is 5.35. The molecule has 3 rings (SSSR count). The number of unbranched alkanes of at least 4 members (excludes halogenated alkanes) is 2. The van der Waals surface area contributed by atoms with E-state index in [-0.39, 0.29) is 5.91 Å². The largest absolute Gasteiger partial charge is 0.444 e. The number of hydrogen-bond acceptors (Lipinski definition) is 4. The molecule has 0 aromatic heterocycles. The summed E-state index contributed by atoms with van der Waals surface area (Å²) in [6.45, 7) is 7.15. The predicted octanol–water partition coefficient (Wildman–Crippen LogP) is 4.93. The van der Waals surface area contributed by atoms with Crippen molar-refractivity contribution in [1.82, 2.24) is 10.6 Å². The van der Waals surface area contributed by atoms with Gasteiger partial charge in [0.25, 0.3) is 0 Å². The number of benzene rings is 2. The zero-order valence-electron chi connectivity index (χ0n) is 19.4. The van der Waals surface area contributed by atoms with Crippen molar-refractivity contribution in [3.05, 3.63) is 59.7 Å². The topological polar surface area (TPSA) is 70.7 Å². The Labute approximate surface area is 191 Å². The van der Waals surface area contributed by atoms with E-state index in [0.29, 0.717) is 19.5 Å². The summed E-state index contributed by atoms with van der Waals surface area (Å²) in [6.07, 6.45) is 3.88. The van der Waals surface area contributed by atoms with E-state index < -0.39 is 11.7 Å². The molecule has 2 aromatic carbocycles. The van der Waals surface area contributed by atoms with Gasteiger partial charge in [-0.15, -0.1) is 0 Å². The average Bonchev–Trinajstić information content (AvgIpc) is 2.74. The fourth-order valence-electron chi connectivity index (χ4n) is 3.92. The second-order valence-electron chi connectivity index (χ2n) is 9.18. The maximum Gasteiger partial charge on any atom is 0.407 e. The standard InChI is InChI=1S/C26H35N3O3/c1-26(2,3)32-25(31)28-17-16-27-24(30)15-5-4-10-18-29-22-13-8-6-11-20(22)19-21-12-7-9-14-23(21)29/h6-9,11-14H,4-5,10,15-19H2,1-3H3,(H,27,30)(H,28,31). The summed E-state index contributed by atoms with van der Waals surface area (Å²) in [4.78, 5) is 26.0. The highest BCUT2D eigenvalue weighted by atomic mass is 16.6. The SMILES string of the molecule is CC(C)(C)OC(=O)NCCNC(=O)CCCCCN1c2ccccc2Cc2ccccc21. The lowest BCUT2D eigenvalue weighted by molar-refractivity contribution is -0.121. The number of amides is 2. The number of rotatable bonds is 9. The average molecular weight is 438 g/mol. The van der Waals surface area contributed by atoms with Crippen LogP contribution in [0.1, 0.15) is 57.6 Å². The van der Waals surface area contributed by atoms with Crippen molar-refractivity contribution < 1.29 is 14.3 Å². The highest BCUT2D eigenvalue weighted by Gasteiger charge is 2.21. The summed E-state index contributed by atoms with van der Waals surface area (Å²) >= 11 is 0. The molecule has 0 atom stereocenters. The molecule has 0 saturated carbocycles. The lowest BCUT2D eigenvalue weighted by atomic mass is 9.95. The van der Waals surface area contributed by atoms with Crippen LogP contribution in [0.3, 0.4) is 0 Å². The van der Waals surface area contributed by atoms with Crippen molar-refractivity contribution in [2.45, 2.75) is 58.5 Å². The molecule has 0 saturated heterocycles. The molecular formula is C26H35N3O3. The molecule has 0 spiro atoms. The van der Waals surface area contributed by atoms with Crippen molar-refractivity contribution in [2.24, 2.45) is 0 Å². The third-order valence-corrected chi connectivity index (χ3v) is 5.35. The van der Waals surface area contributed by atoms with Crippen molar-refractivity contribution in [3.63, 3.8) is 0 Å². The Kier molecular flexibility index (Phi) is 8.14. The lowest BCUT2D eigenvalue weighted by Gasteiger charge is -2.33. The molecule has 0 bridgehead atoms. The van der Waals surface area contributed by atoms with E-state index in [1.807, 2.05) is 20.8 Å². The van der Waals surface area contributed by atoms with Crippen molar-refractivity contribution in [2.75, 3.05) is 24.5 Å². The van der Waals surface area contributed by atoms with Crippen LogP contribution in [0.25, 0.3) is 0 Å². The Hall–Kier alpha value is -3.02. The monoisotopic (exact) mass is 437 g/mol. The Morgan fingerprint density at radius 2 is 1.47 bits per heavy atom. The summed E-state index contributed by atoms with van der Waals surface area (Å²) in [5.41, 5.74) is 4.80. The fraction of sp³-hybridized carbons (Fsp3) is 0.462. The molecule has 2 amide bonds. The van der Waals surface area contributed by atoms with Gasteiger partial charge in [0.1, 0.15) is 5.60 Å². The third kappa shape index (κ3) is 7.01. The normalized spacial score (nSPS) is 12.5. The number of fused-ring (bicyclic) bond motifs is 2. The molecule has 6 nitrogen and oxygen atoms in total. The zero-order valence-corrected chi connectivity index (χ0v) is 19.4. The Bertz CT molecular complexity index is 875. The molecule has 6 heteroatoms. The molecule has 1 aliphatic rings. The van der Waals surface area contributed by atoms with Crippen LogP contribution >= 0.6 is 0 Å². The zero-order chi connectivity index (χ0) is 23.0. The van der Waals surface area contributed by atoms with Crippen LogP contribution in [0.4, 0.5) is 16.2 Å². The summed E-state index contributed by atoms with van der Waals surface area (Å²) in [5.74, 6) is 0.0182. The highest BCUT2D eigenvalue weighted by molar-refractivity contribution is 5.76. The van der Waals surface area contributed by atoms with Gasteiger partial charge in [-0.1, -0.05) is 42.8 Å². The first-order chi connectivity index (χ1) is 15.3. The highest BCUT2D eigenvalue weighted by Crippen LogP contribution is 2.38. The minimum absolute atomic E-state index is 0.0182. The van der Waals surface area contributed by atoms with Crippen molar-refractivity contribution in [3.8, 4) is 0 Å². The number of nitrogens with zero attached hydrogens (tertiary/aromatic N) is 1. The number of ether oxygens (including phenoxy) is 1. The first kappa shape index (κ1) is 23.6. The predicted molar refractivity (Wildman–Crippen MR) is 128 cm³/mol. The van der Waals surface area contributed by atoms with Gasteiger partial charge < -0.3 is 20.3 Å². The van der Waals surface area contributed by atoms with Gasteiger partial charge >= 0.3 is 6.09 Å². The van der Waals surface area contributed by atoms with Gasteiger partial charge in [-0.25, -0.2) is 4.79 Å². The number of alkyl carbamates (subject to hydrolysis) is 1. The second-order valence-corrected chi connectivity index (χ2v) is 9.18. The van der Waals surface area contributed by atoms with Gasteiger partial charge in [0.2, 0.25) is 5.91 Å². The van der Waals surface area contributed by atoms with Crippen LogP contribution in [-0.4, -0.2) is 37.2 Å². The van der Waals surface area contributed by atoms with Gasteiger partial charge in [0, 0.05) is 43.9 Å². The summed E-state index contributed by atoms with van der Waals surface area (Å²) in [5, 5.41) is 5.49. The molecule has 0 aliphatic carbocycles. The maximum atomic E-state index is 12.0. The van der Waals surface area contributed by atoms with E-state index in [1.54, 1.807) is 0 Å². The molecule has 0 unspecified atom stereocenters. The Balaban J connectivity index is 1.35. The smallest absolute Gasteiger partial charge is 0.407 e. The molecule has 2 aromatic rings. The Morgan fingerprint density at radius 3 is 2.09 bits per heavy atom. The van der Waals surface area contributed by atoms with E-state index in [4.69, 9.17) is 4.74 Å². The van der Waals surface area contributed by atoms with Crippen molar-refractivity contribution in [1.29, 1.82) is 0 Å². The van der Waals surface area contributed by atoms with E-state index >= 15 is 0 Å². The molecule has 172 valence electrons. The molecular weight excluding hydrogens is 402 g/mol. The van der Waals surface area contributed by atoms with Gasteiger partial charge in [-0.3, -0.25) is 4.79 Å². The minimum atomic E-state index is -0.522. The fourth-order valence-corrected chi connectivity index (χ4v) is 3.92. The molecule has 1 heterocycles. The number of anilines is 2. The number of carbonyl (C=O) groups excluding carboxylic acids is 2. The van der Waals surface area contributed by atoms with E-state index in [2.05, 4.69) is 64.1 Å². The number of carbonyl (C=O) groups is 2. The van der Waals surface area contributed by atoms with Crippen LogP contribution in [0.15, 0.2) is 48.5 Å². The Morgan fingerprint density at radius 1 is 0.875 bits per heavy atom. The minimum Gasteiger partial charge on any atom is -0.444 e. The van der Waals surface area contributed by atoms with Gasteiger partial charge in [-0.05, 0) is 56.9 Å². The molecule has 0 fully saturated rings. The molecule has 2 N–H and O–H groups in total. The lowest BCUT2D eigenvalue weighted by Crippen LogP contribution is -2.37. The van der Waals surface area contributed by atoms with Crippen LogP contribution < -0.4 is 15.5 Å². The summed E-state index contributed by atoms with van der Waals surface area (Å²) < 4.78 is 5.16. The van der Waals surface area contributed by atoms with Crippen LogP contribution in [0, 0.1) is 0 Å². The van der Waals surface area contributed by atoms with Crippen LogP contribution in [-0.2, 0) is 16.0 Å². The molecule has 0 radical (unpaired) electrons. The van der Waals surface area contributed by atoms with Crippen LogP contribution in [0.2, 0.25) is 0 Å². The van der Waals surface area contributed by atoms with E-state index in [9.17, 15) is 9.59 Å². The number of para-hydroxylation sites is 2. The van der Waals surface area contributed by atoms with Crippen molar-refractivity contribution >= 4 is 23.4 Å². The van der Waals surface area contributed by atoms with Gasteiger partial charge in [0.05, 0.1) is 0 Å². The van der Waals surface area contributed by atoms with Gasteiger partial charge in [0.15, 0.2) is 0 Å². The second kappa shape index (κ2) is 11.0. The molecule has 1 aliphatic heterocycles. The van der Waals surface area contributed by atoms with Crippen LogP contribution in [0.5, 0.6) is 0 Å². The summed E-state index contributed by atoms with van der Waals surface area (Å²) in [7, 11) is 0. The summed E-state index contributed by atoms with van der Waals surface area (Å²) in [6, 6.07) is 17.2. The number of nitrogens with one attached hydrogen (secondary N) is 2. The maximum absolute atomic E-state index is 12.0. The first-order valence-corrected chi connectivity index (χ1v) is 11.5. The van der Waals surface area contributed by atoms with E-state index in [0.717, 1.165) is 32.2 Å².